The summed E-state index contributed by atoms with van der Waals surface area (Å²) in [5.41, 5.74) is 0. The maximum Gasteiger partial charge on any atom is 0.325 e. The Kier molecular flexibility index (Phi) is 7.21. The first kappa shape index (κ1) is 14.3. The average Bonchev–Trinajstić information content (AvgIpc) is 2.17. The summed E-state index contributed by atoms with van der Waals surface area (Å²) >= 11 is 1.56. The van der Waals surface area contributed by atoms with E-state index in [4.69, 9.17) is 5.11 Å². The van der Waals surface area contributed by atoms with Crippen LogP contribution in [0.2, 0.25) is 0 Å². The first-order chi connectivity index (χ1) is 6.99. The zero-order chi connectivity index (χ0) is 11.8. The molecule has 5 heteroatoms. The molecule has 1 unspecified atom stereocenters. The number of carbonyl (C=O) groups is 2. The number of rotatable bonds is 7. The van der Waals surface area contributed by atoms with Gasteiger partial charge in [0, 0.05) is 0 Å². The van der Waals surface area contributed by atoms with E-state index in [0.29, 0.717) is 0 Å². The third-order valence-corrected chi connectivity index (χ3v) is 3.20. The van der Waals surface area contributed by atoms with Crippen molar-refractivity contribution in [2.45, 2.75) is 44.9 Å². The van der Waals surface area contributed by atoms with Gasteiger partial charge in [-0.05, 0) is 26.0 Å². The second-order valence-corrected chi connectivity index (χ2v) is 4.88. The van der Waals surface area contributed by atoms with Gasteiger partial charge < -0.3 is 10.4 Å². The maximum atomic E-state index is 11.5. The minimum absolute atomic E-state index is 0.182. The molecule has 0 saturated carbocycles. The van der Waals surface area contributed by atoms with Crippen LogP contribution in [0.4, 0.5) is 0 Å². The number of hydrogen-bond acceptors (Lipinski definition) is 3. The monoisotopic (exact) mass is 233 g/mol. The quantitative estimate of drug-likeness (QED) is 0.654. The van der Waals surface area contributed by atoms with Crippen LogP contribution in [0, 0.1) is 0 Å². The van der Waals surface area contributed by atoms with E-state index >= 15 is 0 Å². The second kappa shape index (κ2) is 7.56. The Hall–Kier alpha value is -0.710. The number of amides is 1. The molecule has 0 aliphatic heterocycles. The van der Waals surface area contributed by atoms with Crippen molar-refractivity contribution in [2.24, 2.45) is 0 Å². The summed E-state index contributed by atoms with van der Waals surface area (Å²) in [7, 11) is 0. The lowest BCUT2D eigenvalue weighted by Gasteiger charge is -2.14. The van der Waals surface area contributed by atoms with Gasteiger partial charge in [0.25, 0.3) is 0 Å². The van der Waals surface area contributed by atoms with Crippen LogP contribution in [0.25, 0.3) is 0 Å². The topological polar surface area (TPSA) is 66.4 Å². The van der Waals surface area contributed by atoms with Crippen LogP contribution in [-0.2, 0) is 9.59 Å². The number of carboxylic acids is 1. The lowest BCUT2D eigenvalue weighted by atomic mass is 10.3. The Morgan fingerprint density at radius 3 is 2.47 bits per heavy atom. The Morgan fingerprint density at radius 2 is 2.00 bits per heavy atom. The van der Waals surface area contributed by atoms with Crippen molar-refractivity contribution in [1.29, 1.82) is 0 Å². The van der Waals surface area contributed by atoms with E-state index in [1.165, 1.54) is 6.92 Å². The smallest absolute Gasteiger partial charge is 0.325 e. The van der Waals surface area contributed by atoms with Crippen LogP contribution in [0.3, 0.4) is 0 Å². The molecule has 0 spiro atoms. The van der Waals surface area contributed by atoms with Gasteiger partial charge in [-0.25, -0.2) is 0 Å². The minimum Gasteiger partial charge on any atom is -0.480 e. The van der Waals surface area contributed by atoms with Gasteiger partial charge in [-0.15, -0.1) is 11.8 Å². The Balaban J connectivity index is 3.83. The third kappa shape index (κ3) is 6.38. The summed E-state index contributed by atoms with van der Waals surface area (Å²) in [6.45, 7) is 5.35. The molecule has 0 aromatic heterocycles. The number of hydrogen-bond donors (Lipinski definition) is 2. The first-order valence-electron chi connectivity index (χ1n) is 5.13. The van der Waals surface area contributed by atoms with Crippen molar-refractivity contribution in [1.82, 2.24) is 5.32 Å². The number of thioether (sulfide) groups is 1. The summed E-state index contributed by atoms with van der Waals surface area (Å²) in [5.74, 6) is -0.271. The molecule has 15 heavy (non-hydrogen) atoms. The van der Waals surface area contributed by atoms with E-state index in [2.05, 4.69) is 12.2 Å². The minimum atomic E-state index is -1.01. The van der Waals surface area contributed by atoms with Crippen molar-refractivity contribution in [3.8, 4) is 0 Å². The highest BCUT2D eigenvalue weighted by Gasteiger charge is 2.18. The lowest BCUT2D eigenvalue weighted by Crippen LogP contribution is -2.42. The highest BCUT2D eigenvalue weighted by atomic mass is 32.2. The predicted molar refractivity (Wildman–Crippen MR) is 62.1 cm³/mol. The predicted octanol–water partition coefficient (Wildman–Crippen LogP) is 1.50. The van der Waals surface area contributed by atoms with Gasteiger partial charge in [0.2, 0.25) is 5.91 Å². The number of nitrogens with one attached hydrogen (secondary N) is 1. The fraction of sp³-hybridized carbons (Fsp3) is 0.800. The average molecular weight is 233 g/mol. The van der Waals surface area contributed by atoms with Crippen molar-refractivity contribution in [3.63, 3.8) is 0 Å². The standard InChI is InChI=1S/C10H19NO3S/c1-4-5-6-15-8(3)9(12)11-7(2)10(13)14/h7-8H,4-6H2,1-3H3,(H,11,12)(H,13,14)/t7-,8?/m0/s1. The fourth-order valence-corrected chi connectivity index (χ4v) is 1.90. The van der Waals surface area contributed by atoms with E-state index in [-0.39, 0.29) is 11.2 Å². The van der Waals surface area contributed by atoms with Crippen LogP contribution < -0.4 is 5.32 Å². The molecule has 0 aromatic carbocycles. The van der Waals surface area contributed by atoms with Crippen LogP contribution in [0.1, 0.15) is 33.6 Å². The molecular weight excluding hydrogens is 214 g/mol. The van der Waals surface area contributed by atoms with Gasteiger partial charge >= 0.3 is 5.97 Å². The molecule has 0 aliphatic carbocycles. The Labute approximate surface area is 94.8 Å². The van der Waals surface area contributed by atoms with E-state index in [9.17, 15) is 9.59 Å². The fourth-order valence-electron chi connectivity index (χ4n) is 0.873. The molecule has 0 bridgehead atoms. The molecule has 0 fully saturated rings. The van der Waals surface area contributed by atoms with E-state index in [1.54, 1.807) is 18.7 Å². The summed E-state index contributed by atoms with van der Waals surface area (Å²) in [6, 6.07) is -0.813. The highest BCUT2D eigenvalue weighted by molar-refractivity contribution is 8.00. The van der Waals surface area contributed by atoms with Gasteiger partial charge in [-0.3, -0.25) is 9.59 Å². The number of aliphatic carboxylic acids is 1. The summed E-state index contributed by atoms with van der Waals surface area (Å²) in [4.78, 5) is 22.0. The van der Waals surface area contributed by atoms with E-state index in [1.807, 2.05) is 0 Å². The summed E-state index contributed by atoms with van der Waals surface area (Å²) in [6.07, 6.45) is 2.18. The molecule has 4 nitrogen and oxygen atoms in total. The van der Waals surface area contributed by atoms with Crippen LogP contribution in [-0.4, -0.2) is 34.0 Å². The molecule has 0 radical (unpaired) electrons. The maximum absolute atomic E-state index is 11.5. The SMILES string of the molecule is CCCCSC(C)C(=O)N[C@@H](C)C(=O)O. The Morgan fingerprint density at radius 1 is 1.40 bits per heavy atom. The Bertz CT molecular complexity index is 221. The molecule has 1 amide bonds. The summed E-state index contributed by atoms with van der Waals surface area (Å²) < 4.78 is 0. The van der Waals surface area contributed by atoms with Gasteiger partial charge in [0.1, 0.15) is 6.04 Å². The van der Waals surface area contributed by atoms with E-state index in [0.717, 1.165) is 18.6 Å². The number of carboxylic acid groups (broad SMARTS) is 1. The zero-order valence-corrected chi connectivity index (χ0v) is 10.3. The second-order valence-electron chi connectivity index (χ2n) is 3.44. The molecule has 0 aromatic rings. The zero-order valence-electron chi connectivity index (χ0n) is 9.45. The van der Waals surface area contributed by atoms with Crippen LogP contribution in [0.5, 0.6) is 0 Å². The lowest BCUT2D eigenvalue weighted by molar-refractivity contribution is -0.141. The normalized spacial score (nSPS) is 14.3. The third-order valence-electron chi connectivity index (χ3n) is 1.96. The van der Waals surface area contributed by atoms with Crippen LogP contribution in [0.15, 0.2) is 0 Å². The van der Waals surface area contributed by atoms with Crippen molar-refractivity contribution >= 4 is 23.6 Å². The van der Waals surface area contributed by atoms with Gasteiger partial charge in [-0.1, -0.05) is 13.3 Å². The molecule has 0 heterocycles. The molecule has 0 aliphatic rings. The van der Waals surface area contributed by atoms with E-state index < -0.39 is 12.0 Å². The number of unbranched alkanes of at least 4 members (excludes halogenated alkanes) is 1. The van der Waals surface area contributed by atoms with Crippen molar-refractivity contribution in [3.05, 3.63) is 0 Å². The first-order valence-corrected chi connectivity index (χ1v) is 6.18. The van der Waals surface area contributed by atoms with Gasteiger partial charge in [0.15, 0.2) is 0 Å². The van der Waals surface area contributed by atoms with Crippen molar-refractivity contribution < 1.29 is 14.7 Å². The van der Waals surface area contributed by atoms with Crippen LogP contribution >= 0.6 is 11.8 Å². The molecule has 88 valence electrons. The largest absolute Gasteiger partial charge is 0.480 e. The molecule has 0 rings (SSSR count). The highest BCUT2D eigenvalue weighted by Crippen LogP contribution is 2.12. The van der Waals surface area contributed by atoms with Gasteiger partial charge in [0.05, 0.1) is 5.25 Å². The molecule has 0 saturated heterocycles. The molecular formula is C10H19NO3S. The molecule has 2 N–H and O–H groups in total. The number of carbonyl (C=O) groups excluding carboxylic acids is 1. The van der Waals surface area contributed by atoms with Crippen molar-refractivity contribution in [2.75, 3.05) is 5.75 Å². The molecule has 2 atom stereocenters. The van der Waals surface area contributed by atoms with Gasteiger partial charge in [-0.2, -0.15) is 0 Å². The summed E-state index contributed by atoms with van der Waals surface area (Å²) in [5, 5.41) is 10.9.